The van der Waals surface area contributed by atoms with Crippen molar-refractivity contribution in [3.63, 3.8) is 0 Å². The van der Waals surface area contributed by atoms with Crippen molar-refractivity contribution in [1.29, 1.82) is 0 Å². The van der Waals surface area contributed by atoms with E-state index in [2.05, 4.69) is 0 Å². The van der Waals surface area contributed by atoms with Crippen molar-refractivity contribution in [3.8, 4) is 0 Å². The first-order valence-electron chi connectivity index (χ1n) is 3.64. The summed E-state index contributed by atoms with van der Waals surface area (Å²) in [5.41, 5.74) is 0. The quantitative estimate of drug-likeness (QED) is 0.487. The third-order valence-corrected chi connectivity index (χ3v) is 2.23. The molecule has 0 radical (unpaired) electrons. The molecule has 2 aliphatic rings. The number of hydrogen-bond donors (Lipinski definition) is 0. The largest absolute Gasteiger partial charge is 0.355 e. The summed E-state index contributed by atoms with van der Waals surface area (Å²) in [6, 6.07) is 0. The van der Waals surface area contributed by atoms with Gasteiger partial charge in [0.2, 0.25) is 0 Å². The Morgan fingerprint density at radius 3 is 3.22 bits per heavy atom. The molecule has 2 rings (SSSR count). The van der Waals surface area contributed by atoms with Crippen LogP contribution in [0, 0.1) is 5.92 Å². The van der Waals surface area contributed by atoms with Gasteiger partial charge in [0, 0.05) is 0 Å². The van der Waals surface area contributed by atoms with Gasteiger partial charge in [-0.1, -0.05) is 0 Å². The minimum Gasteiger partial charge on any atom is -0.355 e. The second-order valence-electron chi connectivity index (χ2n) is 2.96. The lowest BCUT2D eigenvalue weighted by Gasteiger charge is -2.08. The van der Waals surface area contributed by atoms with Crippen molar-refractivity contribution < 1.29 is 9.47 Å². The Labute approximate surface area is 55.1 Å². The van der Waals surface area contributed by atoms with Gasteiger partial charge >= 0.3 is 0 Å². The molecular formula is C7H12O2. The maximum Gasteiger partial charge on any atom is 0.147 e. The summed E-state index contributed by atoms with van der Waals surface area (Å²) in [4.78, 5) is 0. The summed E-state index contributed by atoms with van der Waals surface area (Å²) < 4.78 is 10.6. The van der Waals surface area contributed by atoms with Gasteiger partial charge in [0.05, 0.1) is 12.7 Å². The molecule has 2 nitrogen and oxygen atoms in total. The fraction of sp³-hybridized carbons (Fsp3) is 1.00. The van der Waals surface area contributed by atoms with E-state index in [9.17, 15) is 0 Å². The molecule has 1 saturated carbocycles. The topological polar surface area (TPSA) is 18.5 Å². The van der Waals surface area contributed by atoms with Crippen molar-refractivity contribution in [2.75, 3.05) is 13.4 Å². The second kappa shape index (κ2) is 2.27. The SMILES string of the molecule is C1OCC2CCC(C2)O1. The molecule has 9 heavy (non-hydrogen) atoms. The summed E-state index contributed by atoms with van der Waals surface area (Å²) in [5, 5.41) is 0. The molecule has 0 spiro atoms. The minimum atomic E-state index is 0.525. The molecule has 2 fully saturated rings. The van der Waals surface area contributed by atoms with Gasteiger partial charge in [-0.2, -0.15) is 0 Å². The molecule has 2 heteroatoms. The Bertz CT molecular complexity index is 91.1. The van der Waals surface area contributed by atoms with Gasteiger partial charge in [-0.3, -0.25) is 0 Å². The first-order valence-corrected chi connectivity index (χ1v) is 3.64. The highest BCUT2D eigenvalue weighted by Crippen LogP contribution is 2.29. The molecule has 0 aromatic heterocycles. The molecule has 0 N–H and O–H groups in total. The van der Waals surface area contributed by atoms with Gasteiger partial charge < -0.3 is 9.47 Å². The maximum absolute atomic E-state index is 5.37. The first kappa shape index (κ1) is 5.69. The van der Waals surface area contributed by atoms with Crippen LogP contribution < -0.4 is 0 Å². The summed E-state index contributed by atoms with van der Waals surface area (Å²) >= 11 is 0. The second-order valence-corrected chi connectivity index (χ2v) is 2.96. The van der Waals surface area contributed by atoms with Crippen molar-refractivity contribution in [2.24, 2.45) is 5.92 Å². The van der Waals surface area contributed by atoms with E-state index in [1.165, 1.54) is 19.3 Å². The Morgan fingerprint density at radius 1 is 1.22 bits per heavy atom. The average molecular weight is 128 g/mol. The number of fused-ring (bicyclic) bond motifs is 2. The zero-order chi connectivity index (χ0) is 6.10. The van der Waals surface area contributed by atoms with Crippen LogP contribution in [0.4, 0.5) is 0 Å². The van der Waals surface area contributed by atoms with Gasteiger partial charge in [-0.15, -0.1) is 0 Å². The molecule has 0 amide bonds. The Hall–Kier alpha value is -0.0800. The van der Waals surface area contributed by atoms with Crippen LogP contribution in [0.5, 0.6) is 0 Å². The van der Waals surface area contributed by atoms with Gasteiger partial charge in [0.15, 0.2) is 0 Å². The van der Waals surface area contributed by atoms with Crippen molar-refractivity contribution in [2.45, 2.75) is 25.4 Å². The predicted octanol–water partition coefficient (Wildman–Crippen LogP) is 1.16. The van der Waals surface area contributed by atoms with Crippen LogP contribution in [-0.2, 0) is 9.47 Å². The van der Waals surface area contributed by atoms with E-state index in [0.29, 0.717) is 12.9 Å². The number of hydrogen-bond acceptors (Lipinski definition) is 2. The molecular weight excluding hydrogens is 116 g/mol. The van der Waals surface area contributed by atoms with Crippen LogP contribution in [0.1, 0.15) is 19.3 Å². The van der Waals surface area contributed by atoms with Crippen LogP contribution in [0.25, 0.3) is 0 Å². The lowest BCUT2D eigenvalue weighted by Crippen LogP contribution is -2.08. The van der Waals surface area contributed by atoms with Crippen molar-refractivity contribution in [1.82, 2.24) is 0 Å². The smallest absolute Gasteiger partial charge is 0.147 e. The van der Waals surface area contributed by atoms with E-state index < -0.39 is 0 Å². The molecule has 2 atom stereocenters. The van der Waals surface area contributed by atoms with Crippen LogP contribution in [0.15, 0.2) is 0 Å². The fourth-order valence-electron chi connectivity index (χ4n) is 1.69. The van der Waals surface area contributed by atoms with E-state index in [1.807, 2.05) is 0 Å². The third-order valence-electron chi connectivity index (χ3n) is 2.23. The van der Waals surface area contributed by atoms with Crippen LogP contribution >= 0.6 is 0 Å². The van der Waals surface area contributed by atoms with E-state index >= 15 is 0 Å². The zero-order valence-corrected chi connectivity index (χ0v) is 5.51. The summed E-state index contributed by atoms with van der Waals surface area (Å²) in [5.74, 6) is 0.803. The van der Waals surface area contributed by atoms with Crippen molar-refractivity contribution in [3.05, 3.63) is 0 Å². The standard InChI is InChI=1S/C7H12O2/c1-2-7-3-6(1)4-8-5-9-7/h6-7H,1-5H2. The molecule has 2 bridgehead atoms. The average Bonchev–Trinajstić information content (AvgIpc) is 2.09. The zero-order valence-electron chi connectivity index (χ0n) is 5.51. The molecule has 0 aromatic carbocycles. The molecule has 1 aliphatic carbocycles. The van der Waals surface area contributed by atoms with Crippen molar-refractivity contribution >= 4 is 0 Å². The normalized spacial score (nSPS) is 42.7. The van der Waals surface area contributed by atoms with Crippen LogP contribution in [0.2, 0.25) is 0 Å². The Balaban J connectivity index is 1.99. The Morgan fingerprint density at radius 2 is 2.22 bits per heavy atom. The lowest BCUT2D eigenvalue weighted by molar-refractivity contribution is -0.0768. The first-order chi connectivity index (χ1) is 4.45. The third kappa shape index (κ3) is 1.10. The van der Waals surface area contributed by atoms with E-state index in [0.717, 1.165) is 12.5 Å². The summed E-state index contributed by atoms with van der Waals surface area (Å²) in [6.45, 7) is 1.46. The number of rotatable bonds is 0. The highest BCUT2D eigenvalue weighted by Gasteiger charge is 2.27. The fourth-order valence-corrected chi connectivity index (χ4v) is 1.69. The highest BCUT2D eigenvalue weighted by atomic mass is 16.7. The lowest BCUT2D eigenvalue weighted by atomic mass is 10.1. The summed E-state index contributed by atoms with van der Waals surface area (Å²) in [7, 11) is 0. The molecule has 0 aromatic rings. The Kier molecular flexibility index (Phi) is 1.44. The van der Waals surface area contributed by atoms with Gasteiger partial charge in [-0.25, -0.2) is 0 Å². The monoisotopic (exact) mass is 128 g/mol. The van der Waals surface area contributed by atoms with E-state index in [-0.39, 0.29) is 0 Å². The molecule has 2 unspecified atom stereocenters. The molecule has 52 valence electrons. The predicted molar refractivity (Wildman–Crippen MR) is 33.0 cm³/mol. The van der Waals surface area contributed by atoms with Crippen LogP contribution in [0.3, 0.4) is 0 Å². The van der Waals surface area contributed by atoms with E-state index in [1.54, 1.807) is 0 Å². The van der Waals surface area contributed by atoms with Gasteiger partial charge in [0.25, 0.3) is 0 Å². The minimum absolute atomic E-state index is 0.525. The molecule has 1 heterocycles. The van der Waals surface area contributed by atoms with Crippen LogP contribution in [-0.4, -0.2) is 19.5 Å². The van der Waals surface area contributed by atoms with E-state index in [4.69, 9.17) is 9.47 Å². The molecule has 1 aliphatic heterocycles. The highest BCUT2D eigenvalue weighted by molar-refractivity contribution is 4.76. The maximum atomic E-state index is 5.37. The van der Waals surface area contributed by atoms with Gasteiger partial charge in [0.1, 0.15) is 6.79 Å². The van der Waals surface area contributed by atoms with Gasteiger partial charge in [-0.05, 0) is 25.2 Å². The summed E-state index contributed by atoms with van der Waals surface area (Å²) in [6.07, 6.45) is 4.33. The molecule has 1 saturated heterocycles. The number of ether oxygens (including phenoxy) is 2.